The minimum Gasteiger partial charge on any atom is -0.465 e. The first-order valence-corrected chi connectivity index (χ1v) is 9.38. The SMILES string of the molecule is COCOc1cc(N2CCCN(C(=O)OC(C)(C)C)CC2)cnc1I. The highest BCUT2D eigenvalue weighted by atomic mass is 127. The molecule has 0 N–H and O–H groups in total. The number of amides is 1. The number of nitrogens with zero attached hydrogens (tertiary/aromatic N) is 3. The Balaban J connectivity index is 2.02. The molecule has 0 atom stereocenters. The lowest BCUT2D eigenvalue weighted by Gasteiger charge is -2.27. The number of carbonyl (C=O) groups is 1. The number of carbonyl (C=O) groups excluding carboxylic acids is 1. The van der Waals surface area contributed by atoms with Gasteiger partial charge in [-0.1, -0.05) is 0 Å². The van der Waals surface area contributed by atoms with Crippen LogP contribution in [0.25, 0.3) is 0 Å². The predicted molar refractivity (Wildman–Crippen MR) is 104 cm³/mol. The number of halogens is 1. The smallest absolute Gasteiger partial charge is 0.410 e. The molecule has 1 fully saturated rings. The van der Waals surface area contributed by atoms with Crippen molar-refractivity contribution in [2.45, 2.75) is 32.8 Å². The van der Waals surface area contributed by atoms with Gasteiger partial charge in [-0.2, -0.15) is 0 Å². The third-order valence-electron chi connectivity index (χ3n) is 3.64. The summed E-state index contributed by atoms with van der Waals surface area (Å²) in [5, 5.41) is 0. The van der Waals surface area contributed by atoms with E-state index in [1.807, 2.05) is 33.0 Å². The Bertz CT molecular complexity index is 592. The van der Waals surface area contributed by atoms with Crippen molar-refractivity contribution in [3.05, 3.63) is 16.0 Å². The fraction of sp³-hybridized carbons (Fsp3) is 0.647. The summed E-state index contributed by atoms with van der Waals surface area (Å²) in [5.74, 6) is 0.702. The topological polar surface area (TPSA) is 64.1 Å². The molecule has 1 aliphatic rings. The molecule has 0 bridgehead atoms. The number of pyridine rings is 1. The van der Waals surface area contributed by atoms with E-state index in [-0.39, 0.29) is 12.9 Å². The average Bonchev–Trinajstić information content (AvgIpc) is 2.78. The Hall–Kier alpha value is -1.29. The first-order valence-electron chi connectivity index (χ1n) is 8.30. The summed E-state index contributed by atoms with van der Waals surface area (Å²) in [6.07, 6.45) is 2.46. The van der Waals surface area contributed by atoms with Crippen molar-refractivity contribution in [2.24, 2.45) is 0 Å². The molecule has 0 saturated carbocycles. The zero-order valence-electron chi connectivity index (χ0n) is 15.2. The first-order chi connectivity index (χ1) is 11.8. The van der Waals surface area contributed by atoms with E-state index >= 15 is 0 Å². The fourth-order valence-electron chi connectivity index (χ4n) is 2.50. The van der Waals surface area contributed by atoms with Gasteiger partial charge in [-0.3, -0.25) is 0 Å². The molecule has 25 heavy (non-hydrogen) atoms. The van der Waals surface area contributed by atoms with Crippen molar-refractivity contribution in [2.75, 3.05) is 45.0 Å². The van der Waals surface area contributed by atoms with E-state index in [2.05, 4.69) is 32.5 Å². The quantitative estimate of drug-likeness (QED) is 0.389. The van der Waals surface area contributed by atoms with Crippen LogP contribution in [0.15, 0.2) is 12.3 Å². The van der Waals surface area contributed by atoms with Crippen LogP contribution in [0, 0.1) is 3.70 Å². The number of hydrogen-bond acceptors (Lipinski definition) is 6. The molecule has 1 aromatic heterocycles. The summed E-state index contributed by atoms with van der Waals surface area (Å²) in [5.41, 5.74) is 0.508. The molecule has 0 aliphatic carbocycles. The molecule has 2 heterocycles. The van der Waals surface area contributed by atoms with Crippen LogP contribution >= 0.6 is 22.6 Å². The number of anilines is 1. The maximum atomic E-state index is 12.3. The summed E-state index contributed by atoms with van der Waals surface area (Å²) < 4.78 is 16.8. The van der Waals surface area contributed by atoms with Gasteiger partial charge in [0.2, 0.25) is 0 Å². The largest absolute Gasteiger partial charge is 0.465 e. The van der Waals surface area contributed by atoms with Gasteiger partial charge in [-0.15, -0.1) is 0 Å². The maximum Gasteiger partial charge on any atom is 0.410 e. The van der Waals surface area contributed by atoms with E-state index in [0.717, 1.165) is 28.9 Å². The minimum absolute atomic E-state index is 0.188. The third kappa shape index (κ3) is 6.18. The molecule has 1 aromatic rings. The van der Waals surface area contributed by atoms with E-state index in [1.54, 1.807) is 12.0 Å². The molecule has 8 heteroatoms. The van der Waals surface area contributed by atoms with E-state index < -0.39 is 5.60 Å². The number of hydrogen-bond donors (Lipinski definition) is 0. The molecule has 2 rings (SSSR count). The second-order valence-corrected chi connectivity index (χ2v) is 7.86. The number of rotatable bonds is 4. The van der Waals surface area contributed by atoms with Crippen molar-refractivity contribution in [1.82, 2.24) is 9.88 Å². The van der Waals surface area contributed by atoms with Gasteiger partial charge in [0.1, 0.15) is 9.30 Å². The van der Waals surface area contributed by atoms with Gasteiger partial charge in [0.25, 0.3) is 0 Å². The van der Waals surface area contributed by atoms with Crippen molar-refractivity contribution in [1.29, 1.82) is 0 Å². The molecule has 0 unspecified atom stereocenters. The summed E-state index contributed by atoms with van der Waals surface area (Å²) in [4.78, 5) is 20.7. The van der Waals surface area contributed by atoms with Crippen molar-refractivity contribution in [3.8, 4) is 5.75 Å². The molecule has 0 spiro atoms. The number of aromatic nitrogens is 1. The highest BCUT2D eigenvalue weighted by Crippen LogP contribution is 2.26. The number of methoxy groups -OCH3 is 1. The normalized spacial score (nSPS) is 15.7. The average molecular weight is 463 g/mol. The van der Waals surface area contributed by atoms with E-state index in [4.69, 9.17) is 14.2 Å². The Morgan fingerprint density at radius 3 is 2.72 bits per heavy atom. The van der Waals surface area contributed by atoms with Crippen LogP contribution in [0.3, 0.4) is 0 Å². The standard InChI is InChI=1S/C17H26IN3O4/c1-17(2,3)25-16(22)21-7-5-6-20(8-9-21)13-10-14(24-12-23-4)15(18)19-11-13/h10-11H,5-9,12H2,1-4H3. The Morgan fingerprint density at radius 2 is 2.04 bits per heavy atom. The molecular weight excluding hydrogens is 437 g/mol. The molecular formula is C17H26IN3O4. The zero-order chi connectivity index (χ0) is 18.4. The van der Waals surface area contributed by atoms with Crippen LogP contribution < -0.4 is 9.64 Å². The second kappa shape index (κ2) is 8.88. The van der Waals surface area contributed by atoms with Gasteiger partial charge in [0.15, 0.2) is 12.5 Å². The Kier molecular flexibility index (Phi) is 7.12. The van der Waals surface area contributed by atoms with E-state index in [9.17, 15) is 4.79 Å². The van der Waals surface area contributed by atoms with Crippen LogP contribution in [0.5, 0.6) is 5.75 Å². The van der Waals surface area contributed by atoms with Crippen LogP contribution in [0.1, 0.15) is 27.2 Å². The maximum absolute atomic E-state index is 12.3. The lowest BCUT2D eigenvalue weighted by atomic mass is 10.2. The predicted octanol–water partition coefficient (Wildman–Crippen LogP) is 3.12. The Labute approximate surface area is 162 Å². The highest BCUT2D eigenvalue weighted by Gasteiger charge is 2.24. The van der Waals surface area contributed by atoms with Crippen molar-refractivity contribution < 1.29 is 19.0 Å². The van der Waals surface area contributed by atoms with Crippen molar-refractivity contribution >= 4 is 34.4 Å². The summed E-state index contributed by atoms with van der Waals surface area (Å²) in [6, 6.07) is 1.97. The van der Waals surface area contributed by atoms with Crippen LogP contribution in [0.2, 0.25) is 0 Å². The van der Waals surface area contributed by atoms with Crippen LogP contribution in [0.4, 0.5) is 10.5 Å². The third-order valence-corrected chi connectivity index (χ3v) is 4.45. The van der Waals surface area contributed by atoms with Gasteiger partial charge in [-0.05, 0) is 49.8 Å². The summed E-state index contributed by atoms with van der Waals surface area (Å²) in [7, 11) is 1.59. The molecule has 0 radical (unpaired) electrons. The lowest BCUT2D eigenvalue weighted by Crippen LogP contribution is -2.39. The van der Waals surface area contributed by atoms with E-state index in [1.165, 1.54) is 0 Å². The first kappa shape index (κ1) is 20.0. The van der Waals surface area contributed by atoms with Crippen LogP contribution in [-0.4, -0.2) is 61.7 Å². The summed E-state index contributed by atoms with van der Waals surface area (Å²) in [6.45, 7) is 8.73. The zero-order valence-corrected chi connectivity index (χ0v) is 17.4. The molecule has 1 aliphatic heterocycles. The molecule has 7 nitrogen and oxygen atoms in total. The van der Waals surface area contributed by atoms with Crippen molar-refractivity contribution in [3.63, 3.8) is 0 Å². The van der Waals surface area contributed by atoms with Crippen LogP contribution in [-0.2, 0) is 9.47 Å². The Morgan fingerprint density at radius 1 is 1.28 bits per heavy atom. The van der Waals surface area contributed by atoms with Gasteiger partial charge in [0, 0.05) is 39.4 Å². The highest BCUT2D eigenvalue weighted by molar-refractivity contribution is 14.1. The second-order valence-electron chi connectivity index (χ2n) is 6.84. The van der Waals surface area contributed by atoms with Gasteiger partial charge >= 0.3 is 6.09 Å². The fourth-order valence-corrected chi connectivity index (χ4v) is 2.95. The summed E-state index contributed by atoms with van der Waals surface area (Å²) >= 11 is 2.14. The minimum atomic E-state index is -0.475. The van der Waals surface area contributed by atoms with E-state index in [0.29, 0.717) is 18.8 Å². The lowest BCUT2D eigenvalue weighted by molar-refractivity contribution is 0.0263. The molecule has 1 amide bonds. The van der Waals surface area contributed by atoms with Gasteiger partial charge < -0.3 is 24.0 Å². The van der Waals surface area contributed by atoms with Gasteiger partial charge in [-0.25, -0.2) is 9.78 Å². The molecule has 0 aromatic carbocycles. The molecule has 1 saturated heterocycles. The monoisotopic (exact) mass is 463 g/mol. The number of ether oxygens (including phenoxy) is 3. The molecule has 140 valence electrons. The van der Waals surface area contributed by atoms with Gasteiger partial charge in [0.05, 0.1) is 11.9 Å².